The van der Waals surface area contributed by atoms with Gasteiger partial charge < -0.3 is 10.7 Å². The predicted molar refractivity (Wildman–Crippen MR) is 57.2 cm³/mol. The second kappa shape index (κ2) is 3.53. The quantitative estimate of drug-likeness (QED) is 0.713. The summed E-state index contributed by atoms with van der Waals surface area (Å²) in [6, 6.07) is 5.37. The van der Waals surface area contributed by atoms with Crippen molar-refractivity contribution in [2.45, 2.75) is 6.92 Å². The van der Waals surface area contributed by atoms with E-state index in [2.05, 4.69) is 15.0 Å². The van der Waals surface area contributed by atoms with E-state index in [-0.39, 0.29) is 11.4 Å². The summed E-state index contributed by atoms with van der Waals surface area (Å²) in [5, 5.41) is 0. The molecule has 0 bridgehead atoms. The molecular formula is C10H10N4O. The normalized spacial score (nSPS) is 10.2. The molecule has 2 rings (SSSR count). The maximum absolute atomic E-state index is 11.4. The predicted octanol–water partition coefficient (Wildman–Crippen LogP) is 0.723. The topological polar surface area (TPSA) is 84.7 Å². The number of rotatable bonds is 1. The highest BCUT2D eigenvalue weighted by Crippen LogP contribution is 2.11. The molecule has 0 amide bonds. The molecule has 2 aromatic rings. The highest BCUT2D eigenvalue weighted by atomic mass is 16.1. The Morgan fingerprint density at radius 2 is 2.20 bits per heavy atom. The summed E-state index contributed by atoms with van der Waals surface area (Å²) in [5.41, 5.74) is 6.39. The zero-order chi connectivity index (χ0) is 10.8. The van der Waals surface area contributed by atoms with Crippen LogP contribution in [0.5, 0.6) is 0 Å². The first-order valence-corrected chi connectivity index (χ1v) is 4.46. The molecule has 5 heteroatoms. The van der Waals surface area contributed by atoms with E-state index < -0.39 is 0 Å². The first kappa shape index (κ1) is 9.39. The number of nitrogens with one attached hydrogen (secondary N) is 1. The van der Waals surface area contributed by atoms with Crippen LogP contribution in [0.25, 0.3) is 11.5 Å². The number of anilines is 1. The van der Waals surface area contributed by atoms with Crippen LogP contribution in [0.15, 0.2) is 29.2 Å². The van der Waals surface area contributed by atoms with Gasteiger partial charge in [0, 0.05) is 6.20 Å². The lowest BCUT2D eigenvalue weighted by molar-refractivity contribution is 1.08. The summed E-state index contributed by atoms with van der Waals surface area (Å²) in [6.45, 7) is 1.63. The molecule has 3 N–H and O–H groups in total. The van der Waals surface area contributed by atoms with Crippen molar-refractivity contribution in [3.8, 4) is 11.5 Å². The van der Waals surface area contributed by atoms with Crippen molar-refractivity contribution in [1.82, 2.24) is 15.0 Å². The average Bonchev–Trinajstić information content (AvgIpc) is 2.26. The summed E-state index contributed by atoms with van der Waals surface area (Å²) in [4.78, 5) is 22.2. The highest BCUT2D eigenvalue weighted by Gasteiger charge is 2.06. The molecule has 0 unspecified atom stereocenters. The summed E-state index contributed by atoms with van der Waals surface area (Å²) < 4.78 is 0. The Kier molecular flexibility index (Phi) is 2.21. The van der Waals surface area contributed by atoms with E-state index >= 15 is 0 Å². The molecular weight excluding hydrogens is 192 g/mol. The van der Waals surface area contributed by atoms with Gasteiger partial charge in [0.1, 0.15) is 11.5 Å². The van der Waals surface area contributed by atoms with E-state index in [0.717, 1.165) is 0 Å². The van der Waals surface area contributed by atoms with Gasteiger partial charge >= 0.3 is 0 Å². The summed E-state index contributed by atoms with van der Waals surface area (Å²) >= 11 is 0. The van der Waals surface area contributed by atoms with Crippen LogP contribution < -0.4 is 11.3 Å². The van der Waals surface area contributed by atoms with Crippen molar-refractivity contribution in [3.05, 3.63) is 40.3 Å². The van der Waals surface area contributed by atoms with E-state index in [9.17, 15) is 4.79 Å². The van der Waals surface area contributed by atoms with E-state index in [1.807, 2.05) is 6.07 Å². The second-order valence-electron chi connectivity index (χ2n) is 3.14. The number of nitrogens with zero attached hydrogens (tertiary/aromatic N) is 2. The van der Waals surface area contributed by atoms with Crippen LogP contribution in [0.3, 0.4) is 0 Å². The molecule has 2 heterocycles. The van der Waals surface area contributed by atoms with Crippen LogP contribution in [-0.4, -0.2) is 15.0 Å². The second-order valence-corrected chi connectivity index (χ2v) is 3.14. The number of nitrogens with two attached hydrogens (primary N) is 1. The lowest BCUT2D eigenvalue weighted by Gasteiger charge is -2.02. The smallest absolute Gasteiger partial charge is 0.256 e. The molecule has 0 spiro atoms. The van der Waals surface area contributed by atoms with Gasteiger partial charge in [-0.05, 0) is 19.1 Å². The monoisotopic (exact) mass is 202 g/mol. The average molecular weight is 202 g/mol. The fraction of sp³-hybridized carbons (Fsp3) is 0.100. The number of hydrogen-bond donors (Lipinski definition) is 2. The van der Waals surface area contributed by atoms with Crippen LogP contribution >= 0.6 is 0 Å². The van der Waals surface area contributed by atoms with Crippen molar-refractivity contribution >= 4 is 5.82 Å². The van der Waals surface area contributed by atoms with Gasteiger partial charge in [-0.1, -0.05) is 6.07 Å². The Bertz CT molecular complexity index is 533. The lowest BCUT2D eigenvalue weighted by Crippen LogP contribution is -2.15. The number of nitrogen functional groups attached to an aromatic ring is 1. The fourth-order valence-electron chi connectivity index (χ4n) is 1.17. The standard InChI is InChI=1S/C10H10N4O/c1-6-8(11)13-9(14-10(6)15)7-4-2-3-5-12-7/h2-5H,1H3,(H3,11,13,14,15). The third-order valence-electron chi connectivity index (χ3n) is 2.10. The molecule has 0 aromatic carbocycles. The Hall–Kier alpha value is -2.17. The summed E-state index contributed by atoms with van der Waals surface area (Å²) in [7, 11) is 0. The van der Waals surface area contributed by atoms with E-state index in [0.29, 0.717) is 17.1 Å². The minimum absolute atomic E-state index is 0.233. The fourth-order valence-corrected chi connectivity index (χ4v) is 1.17. The number of H-pyrrole nitrogens is 1. The molecule has 76 valence electrons. The van der Waals surface area contributed by atoms with Crippen LogP contribution in [0.4, 0.5) is 5.82 Å². The van der Waals surface area contributed by atoms with Gasteiger partial charge in [-0.25, -0.2) is 4.98 Å². The minimum atomic E-state index is -0.233. The van der Waals surface area contributed by atoms with E-state index in [1.165, 1.54) is 0 Å². The SMILES string of the molecule is Cc1c(N)nc(-c2ccccn2)[nH]c1=O. The highest BCUT2D eigenvalue weighted by molar-refractivity contribution is 5.52. The molecule has 0 radical (unpaired) electrons. The van der Waals surface area contributed by atoms with Crippen LogP contribution in [-0.2, 0) is 0 Å². The molecule has 0 atom stereocenters. The van der Waals surface area contributed by atoms with Crippen molar-refractivity contribution in [2.75, 3.05) is 5.73 Å². The van der Waals surface area contributed by atoms with Gasteiger partial charge in [-0.15, -0.1) is 0 Å². The Balaban J connectivity index is 2.61. The Morgan fingerprint density at radius 1 is 1.40 bits per heavy atom. The van der Waals surface area contributed by atoms with Crippen molar-refractivity contribution < 1.29 is 0 Å². The number of pyridine rings is 1. The van der Waals surface area contributed by atoms with E-state index in [4.69, 9.17) is 5.73 Å². The Morgan fingerprint density at radius 3 is 2.80 bits per heavy atom. The molecule has 0 aliphatic carbocycles. The molecule has 2 aromatic heterocycles. The van der Waals surface area contributed by atoms with Crippen LogP contribution in [0.2, 0.25) is 0 Å². The molecule has 0 saturated carbocycles. The number of hydrogen-bond acceptors (Lipinski definition) is 4. The third kappa shape index (κ3) is 1.71. The van der Waals surface area contributed by atoms with Gasteiger partial charge in [-0.2, -0.15) is 0 Å². The minimum Gasteiger partial charge on any atom is -0.383 e. The number of aromatic amines is 1. The van der Waals surface area contributed by atoms with Gasteiger partial charge in [0.25, 0.3) is 5.56 Å². The molecule has 5 nitrogen and oxygen atoms in total. The van der Waals surface area contributed by atoms with Crippen LogP contribution in [0, 0.1) is 6.92 Å². The first-order valence-electron chi connectivity index (χ1n) is 4.46. The lowest BCUT2D eigenvalue weighted by atomic mass is 10.3. The first-order chi connectivity index (χ1) is 7.18. The van der Waals surface area contributed by atoms with Gasteiger partial charge in [0.05, 0.1) is 5.56 Å². The largest absolute Gasteiger partial charge is 0.383 e. The number of aromatic nitrogens is 3. The zero-order valence-corrected chi connectivity index (χ0v) is 8.19. The molecule has 0 aliphatic heterocycles. The maximum Gasteiger partial charge on any atom is 0.256 e. The summed E-state index contributed by atoms with van der Waals surface area (Å²) in [6.07, 6.45) is 1.63. The van der Waals surface area contributed by atoms with Crippen molar-refractivity contribution in [1.29, 1.82) is 0 Å². The van der Waals surface area contributed by atoms with Crippen molar-refractivity contribution in [3.63, 3.8) is 0 Å². The Labute approximate surface area is 86.0 Å². The van der Waals surface area contributed by atoms with E-state index in [1.54, 1.807) is 25.3 Å². The zero-order valence-electron chi connectivity index (χ0n) is 8.19. The molecule has 0 saturated heterocycles. The molecule has 0 fully saturated rings. The summed E-state index contributed by atoms with van der Waals surface area (Å²) in [5.74, 6) is 0.628. The third-order valence-corrected chi connectivity index (χ3v) is 2.10. The van der Waals surface area contributed by atoms with Crippen molar-refractivity contribution in [2.24, 2.45) is 0 Å². The van der Waals surface area contributed by atoms with Crippen LogP contribution in [0.1, 0.15) is 5.56 Å². The molecule has 0 aliphatic rings. The van der Waals surface area contributed by atoms with Gasteiger partial charge in [-0.3, -0.25) is 9.78 Å². The van der Waals surface area contributed by atoms with Gasteiger partial charge in [0.15, 0.2) is 5.82 Å². The maximum atomic E-state index is 11.4. The molecule has 15 heavy (non-hydrogen) atoms. The van der Waals surface area contributed by atoms with Gasteiger partial charge in [0.2, 0.25) is 0 Å².